The van der Waals surface area contributed by atoms with Crippen molar-refractivity contribution in [3.8, 4) is 5.75 Å². The second-order valence-corrected chi connectivity index (χ2v) is 3.99. The van der Waals surface area contributed by atoms with E-state index in [2.05, 4.69) is 9.72 Å². The first-order chi connectivity index (χ1) is 8.37. The molecule has 0 atom stereocenters. The summed E-state index contributed by atoms with van der Waals surface area (Å²) < 4.78 is 40.3. The first-order valence-corrected chi connectivity index (χ1v) is 5.22. The molecule has 0 radical (unpaired) electrons. The predicted octanol–water partition coefficient (Wildman–Crippen LogP) is 2.81. The maximum atomic E-state index is 12.0. The SMILES string of the molecule is O=[N+]([O-])c1nc(C2CC2)ccc1OCC(F)(F)F. The van der Waals surface area contributed by atoms with Gasteiger partial charge in [0.05, 0.1) is 0 Å². The standard InChI is InChI=1S/C10H9F3N2O3/c11-10(12,13)5-18-8-4-3-7(6-1-2-6)14-9(8)15(16)17/h3-4,6H,1-2,5H2. The summed E-state index contributed by atoms with van der Waals surface area (Å²) in [6.45, 7) is -1.57. The number of halogens is 3. The molecule has 0 N–H and O–H groups in total. The summed E-state index contributed by atoms with van der Waals surface area (Å²) in [6, 6.07) is 2.64. The quantitative estimate of drug-likeness (QED) is 0.618. The number of hydrogen-bond donors (Lipinski definition) is 0. The molecule has 1 aromatic rings. The van der Waals surface area contributed by atoms with Crippen LogP contribution < -0.4 is 4.74 Å². The molecule has 98 valence electrons. The molecule has 0 unspecified atom stereocenters. The number of alkyl halides is 3. The van der Waals surface area contributed by atoms with Crippen molar-refractivity contribution in [2.75, 3.05) is 6.61 Å². The lowest BCUT2D eigenvalue weighted by Crippen LogP contribution is -2.19. The van der Waals surface area contributed by atoms with Crippen molar-refractivity contribution in [3.63, 3.8) is 0 Å². The van der Waals surface area contributed by atoms with E-state index in [1.807, 2.05) is 0 Å². The van der Waals surface area contributed by atoms with Crippen molar-refractivity contribution in [2.45, 2.75) is 24.9 Å². The third-order valence-electron chi connectivity index (χ3n) is 2.42. The highest BCUT2D eigenvalue weighted by atomic mass is 19.4. The van der Waals surface area contributed by atoms with E-state index < -0.39 is 29.3 Å². The number of aromatic nitrogens is 1. The Balaban J connectivity index is 2.20. The van der Waals surface area contributed by atoms with E-state index in [9.17, 15) is 23.3 Å². The topological polar surface area (TPSA) is 65.3 Å². The Labute approximate surface area is 99.7 Å². The molecule has 5 nitrogen and oxygen atoms in total. The van der Waals surface area contributed by atoms with Gasteiger partial charge in [0, 0.05) is 5.92 Å². The summed E-state index contributed by atoms with van der Waals surface area (Å²) in [5, 5.41) is 10.7. The van der Waals surface area contributed by atoms with Crippen molar-refractivity contribution in [1.82, 2.24) is 4.98 Å². The third-order valence-corrected chi connectivity index (χ3v) is 2.42. The van der Waals surface area contributed by atoms with Gasteiger partial charge in [0.2, 0.25) is 5.75 Å². The second-order valence-electron chi connectivity index (χ2n) is 3.99. The van der Waals surface area contributed by atoms with Crippen LogP contribution in [-0.2, 0) is 0 Å². The highest BCUT2D eigenvalue weighted by Gasteiger charge is 2.33. The molecule has 2 rings (SSSR count). The van der Waals surface area contributed by atoms with Crippen LogP contribution in [0.15, 0.2) is 12.1 Å². The van der Waals surface area contributed by atoms with Crippen LogP contribution in [0.4, 0.5) is 19.0 Å². The lowest BCUT2D eigenvalue weighted by Gasteiger charge is -2.09. The molecule has 1 aliphatic rings. The Hall–Kier alpha value is -1.86. The van der Waals surface area contributed by atoms with Gasteiger partial charge in [0.1, 0.15) is 0 Å². The number of hydrogen-bond acceptors (Lipinski definition) is 4. The van der Waals surface area contributed by atoms with E-state index in [0.717, 1.165) is 12.8 Å². The third kappa shape index (κ3) is 3.08. The van der Waals surface area contributed by atoms with Gasteiger partial charge in [-0.1, -0.05) is 0 Å². The molecule has 0 aromatic carbocycles. The second kappa shape index (κ2) is 4.43. The number of pyridine rings is 1. The molecule has 1 aliphatic carbocycles. The van der Waals surface area contributed by atoms with Gasteiger partial charge in [-0.15, -0.1) is 0 Å². The molecule has 0 bridgehead atoms. The molecule has 1 fully saturated rings. The molecule has 0 saturated heterocycles. The number of ether oxygens (including phenoxy) is 1. The molecule has 18 heavy (non-hydrogen) atoms. The Bertz CT molecular complexity index is 472. The fourth-order valence-electron chi connectivity index (χ4n) is 1.46. The molecular formula is C10H9F3N2O3. The maximum Gasteiger partial charge on any atom is 0.422 e. The smallest absolute Gasteiger partial charge is 0.422 e. The monoisotopic (exact) mass is 262 g/mol. The van der Waals surface area contributed by atoms with E-state index >= 15 is 0 Å². The molecule has 1 saturated carbocycles. The normalized spacial score (nSPS) is 15.5. The average Bonchev–Trinajstić information content (AvgIpc) is 3.08. The van der Waals surface area contributed by atoms with E-state index in [0.29, 0.717) is 5.69 Å². The first-order valence-electron chi connectivity index (χ1n) is 5.22. The largest absolute Gasteiger partial charge is 0.476 e. The van der Waals surface area contributed by atoms with Crippen LogP contribution in [0.1, 0.15) is 24.5 Å². The molecule has 0 aliphatic heterocycles. The van der Waals surface area contributed by atoms with Crippen LogP contribution in [0.3, 0.4) is 0 Å². The fraction of sp³-hybridized carbons (Fsp3) is 0.500. The molecular weight excluding hydrogens is 253 g/mol. The Kier molecular flexibility index (Phi) is 3.10. The van der Waals surface area contributed by atoms with Gasteiger partial charge < -0.3 is 14.9 Å². The van der Waals surface area contributed by atoms with E-state index in [1.54, 1.807) is 0 Å². The van der Waals surface area contributed by atoms with Gasteiger partial charge in [-0.2, -0.15) is 13.2 Å². The van der Waals surface area contributed by atoms with E-state index in [4.69, 9.17) is 0 Å². The summed E-state index contributed by atoms with van der Waals surface area (Å²) in [5.41, 5.74) is 0.529. The van der Waals surface area contributed by atoms with Crippen LogP contribution in [0.25, 0.3) is 0 Å². The van der Waals surface area contributed by atoms with Gasteiger partial charge >= 0.3 is 12.0 Å². The van der Waals surface area contributed by atoms with E-state index in [-0.39, 0.29) is 5.92 Å². The van der Waals surface area contributed by atoms with Gasteiger partial charge in [-0.05, 0) is 34.9 Å². The van der Waals surface area contributed by atoms with E-state index in [1.165, 1.54) is 12.1 Å². The fourth-order valence-corrected chi connectivity index (χ4v) is 1.46. The van der Waals surface area contributed by atoms with Gasteiger partial charge in [0.25, 0.3) is 0 Å². The summed E-state index contributed by atoms with van der Waals surface area (Å²) in [7, 11) is 0. The molecule has 8 heteroatoms. The van der Waals surface area contributed by atoms with Crippen molar-refractivity contribution >= 4 is 5.82 Å². The van der Waals surface area contributed by atoms with Crippen LogP contribution >= 0.6 is 0 Å². The zero-order chi connectivity index (χ0) is 13.3. The lowest BCUT2D eigenvalue weighted by atomic mass is 10.2. The minimum absolute atomic E-state index is 0.181. The number of nitrogens with zero attached hydrogens (tertiary/aromatic N) is 2. The van der Waals surface area contributed by atoms with Gasteiger partial charge in [-0.3, -0.25) is 0 Å². The first kappa shape index (κ1) is 12.6. The Morgan fingerprint density at radius 3 is 2.61 bits per heavy atom. The van der Waals surface area contributed by atoms with Crippen molar-refractivity contribution < 1.29 is 22.8 Å². The summed E-state index contributed by atoms with van der Waals surface area (Å²) in [6.07, 6.45) is -2.75. The average molecular weight is 262 g/mol. The minimum Gasteiger partial charge on any atom is -0.476 e. The van der Waals surface area contributed by atoms with Crippen molar-refractivity contribution in [2.24, 2.45) is 0 Å². The zero-order valence-electron chi connectivity index (χ0n) is 9.11. The minimum atomic E-state index is -4.54. The highest BCUT2D eigenvalue weighted by molar-refractivity contribution is 5.41. The number of rotatable bonds is 4. The molecule has 1 aromatic heterocycles. The van der Waals surface area contributed by atoms with Crippen molar-refractivity contribution in [1.29, 1.82) is 0 Å². The van der Waals surface area contributed by atoms with Gasteiger partial charge in [0.15, 0.2) is 12.3 Å². The molecule has 1 heterocycles. The van der Waals surface area contributed by atoms with Crippen LogP contribution in [0, 0.1) is 10.1 Å². The molecule has 0 spiro atoms. The zero-order valence-corrected chi connectivity index (χ0v) is 9.11. The predicted molar refractivity (Wildman–Crippen MR) is 54.4 cm³/mol. The lowest BCUT2D eigenvalue weighted by molar-refractivity contribution is -0.390. The summed E-state index contributed by atoms with van der Waals surface area (Å²) in [5.74, 6) is -0.939. The summed E-state index contributed by atoms with van der Waals surface area (Å²) >= 11 is 0. The summed E-state index contributed by atoms with van der Waals surface area (Å²) in [4.78, 5) is 13.6. The van der Waals surface area contributed by atoms with Crippen LogP contribution in [0.5, 0.6) is 5.75 Å². The number of nitro groups is 1. The highest BCUT2D eigenvalue weighted by Crippen LogP contribution is 2.41. The van der Waals surface area contributed by atoms with Crippen molar-refractivity contribution in [3.05, 3.63) is 27.9 Å². The Morgan fingerprint density at radius 1 is 1.44 bits per heavy atom. The van der Waals surface area contributed by atoms with Gasteiger partial charge in [-0.25, -0.2) is 0 Å². The van der Waals surface area contributed by atoms with Crippen LogP contribution in [-0.4, -0.2) is 22.7 Å². The maximum absolute atomic E-state index is 12.0. The molecule has 0 amide bonds. The van der Waals surface area contributed by atoms with Crippen LogP contribution in [0.2, 0.25) is 0 Å². The Morgan fingerprint density at radius 2 is 2.11 bits per heavy atom.